The second-order valence-corrected chi connectivity index (χ2v) is 6.41. The van der Waals surface area contributed by atoms with E-state index in [0.717, 1.165) is 16.9 Å². The highest BCUT2D eigenvalue weighted by Gasteiger charge is 2.13. The fourth-order valence-corrected chi connectivity index (χ4v) is 3.03. The second-order valence-electron chi connectivity index (χ2n) is 4.55. The molecule has 122 valence electrons. The van der Waals surface area contributed by atoms with Crippen LogP contribution in [-0.2, 0) is 0 Å². The summed E-state index contributed by atoms with van der Waals surface area (Å²) in [7, 11) is 0. The Kier molecular flexibility index (Phi) is 4.58. The lowest BCUT2D eigenvalue weighted by Crippen LogP contribution is -1.95. The highest BCUT2D eigenvalue weighted by atomic mass is 32.2. The third kappa shape index (κ3) is 3.29. The van der Waals surface area contributed by atoms with Crippen LogP contribution in [0.15, 0.2) is 46.7 Å². The average Bonchev–Trinajstić information content (AvgIpc) is 3.20. The van der Waals surface area contributed by atoms with Crippen LogP contribution in [0.1, 0.15) is 4.88 Å². The molecule has 0 bridgehead atoms. The molecule has 0 radical (unpaired) electrons. The minimum absolute atomic E-state index is 0.0593. The molecule has 0 atom stereocenters. The molecule has 8 nitrogen and oxygen atoms in total. The molecular weight excluding hydrogens is 350 g/mol. The van der Waals surface area contributed by atoms with Gasteiger partial charge in [0, 0.05) is 11.6 Å². The zero-order valence-electron chi connectivity index (χ0n) is 12.4. The van der Waals surface area contributed by atoms with E-state index >= 15 is 0 Å². The molecule has 1 N–H and O–H groups in total. The van der Waals surface area contributed by atoms with Gasteiger partial charge in [0.1, 0.15) is 5.75 Å². The van der Waals surface area contributed by atoms with Gasteiger partial charge in [0.15, 0.2) is 5.82 Å². The first-order valence-electron chi connectivity index (χ1n) is 6.66. The summed E-state index contributed by atoms with van der Waals surface area (Å²) in [6.07, 6.45) is 3.39. The van der Waals surface area contributed by atoms with Crippen LogP contribution in [0.2, 0.25) is 0 Å². The largest absolute Gasteiger partial charge is 0.508 e. The quantitative estimate of drug-likeness (QED) is 0.324. The van der Waals surface area contributed by atoms with Crippen molar-refractivity contribution in [1.82, 2.24) is 14.9 Å². The molecule has 0 unspecified atom stereocenters. The smallest absolute Gasteiger partial charge is 0.324 e. The van der Waals surface area contributed by atoms with Crippen LogP contribution in [-0.4, -0.2) is 37.4 Å². The molecule has 3 aromatic rings. The summed E-state index contributed by atoms with van der Waals surface area (Å²) in [4.78, 5) is 11.0. The standard InChI is InChI=1S/C14H11N5O3S2/c1-23-14-17-16-13(9-2-4-10(20)5-3-9)18(14)15-8-11-6-7-12(24-11)19(21)22/h2-8,20H,1H3. The number of rotatable bonds is 5. The lowest BCUT2D eigenvalue weighted by atomic mass is 10.2. The summed E-state index contributed by atoms with van der Waals surface area (Å²) in [5, 5.41) is 33.3. The lowest BCUT2D eigenvalue weighted by molar-refractivity contribution is -0.380. The Hall–Kier alpha value is -2.72. The monoisotopic (exact) mass is 361 g/mol. The number of hydrogen-bond acceptors (Lipinski definition) is 8. The Morgan fingerprint density at radius 1 is 1.29 bits per heavy atom. The van der Waals surface area contributed by atoms with Crippen molar-refractivity contribution in [3.63, 3.8) is 0 Å². The van der Waals surface area contributed by atoms with E-state index in [0.29, 0.717) is 15.9 Å². The van der Waals surface area contributed by atoms with Gasteiger partial charge >= 0.3 is 5.00 Å². The molecular formula is C14H11N5O3S2. The number of phenolic OH excluding ortho intramolecular Hbond substituents is 1. The molecule has 0 saturated heterocycles. The lowest BCUT2D eigenvalue weighted by Gasteiger charge is -2.02. The molecule has 24 heavy (non-hydrogen) atoms. The van der Waals surface area contributed by atoms with E-state index < -0.39 is 4.92 Å². The highest BCUT2D eigenvalue weighted by molar-refractivity contribution is 7.98. The van der Waals surface area contributed by atoms with Crippen molar-refractivity contribution in [1.29, 1.82) is 0 Å². The number of nitrogens with zero attached hydrogens (tertiary/aromatic N) is 5. The van der Waals surface area contributed by atoms with Crippen LogP contribution in [0.3, 0.4) is 0 Å². The minimum atomic E-state index is -0.435. The van der Waals surface area contributed by atoms with Crippen molar-refractivity contribution in [2.75, 3.05) is 6.26 Å². The zero-order valence-corrected chi connectivity index (χ0v) is 14.0. The molecule has 2 heterocycles. The summed E-state index contributed by atoms with van der Waals surface area (Å²) >= 11 is 2.42. The van der Waals surface area contributed by atoms with Crippen LogP contribution in [0, 0.1) is 10.1 Å². The maximum atomic E-state index is 10.7. The van der Waals surface area contributed by atoms with E-state index in [1.54, 1.807) is 35.0 Å². The Bertz CT molecular complexity index is 902. The zero-order chi connectivity index (χ0) is 17.1. The van der Waals surface area contributed by atoms with E-state index in [1.165, 1.54) is 24.0 Å². The molecule has 0 aliphatic carbocycles. The van der Waals surface area contributed by atoms with Crippen LogP contribution < -0.4 is 0 Å². The van der Waals surface area contributed by atoms with E-state index in [4.69, 9.17) is 0 Å². The van der Waals surface area contributed by atoms with Gasteiger partial charge in [0.25, 0.3) is 0 Å². The van der Waals surface area contributed by atoms with Gasteiger partial charge in [-0.2, -0.15) is 9.78 Å². The molecule has 3 rings (SSSR count). The van der Waals surface area contributed by atoms with Gasteiger partial charge in [0.05, 0.1) is 16.0 Å². The summed E-state index contributed by atoms with van der Waals surface area (Å²) in [6, 6.07) is 9.61. The summed E-state index contributed by atoms with van der Waals surface area (Å²) < 4.78 is 1.56. The van der Waals surface area contributed by atoms with Crippen molar-refractivity contribution in [2.24, 2.45) is 5.10 Å². The van der Waals surface area contributed by atoms with Gasteiger partial charge in [-0.15, -0.1) is 10.2 Å². The predicted molar refractivity (Wildman–Crippen MR) is 92.9 cm³/mol. The molecule has 0 saturated carbocycles. The van der Waals surface area contributed by atoms with Crippen LogP contribution in [0.4, 0.5) is 5.00 Å². The molecule has 0 amide bonds. The van der Waals surface area contributed by atoms with Crippen LogP contribution >= 0.6 is 23.1 Å². The fourth-order valence-electron chi connectivity index (χ4n) is 1.91. The molecule has 0 aliphatic heterocycles. The van der Waals surface area contributed by atoms with E-state index in [9.17, 15) is 15.2 Å². The Balaban J connectivity index is 1.96. The Morgan fingerprint density at radius 3 is 2.67 bits per heavy atom. The molecule has 0 spiro atoms. The fraction of sp³-hybridized carbons (Fsp3) is 0.0714. The number of benzene rings is 1. The summed E-state index contributed by atoms with van der Waals surface area (Å²) in [6.45, 7) is 0. The molecule has 1 aromatic carbocycles. The van der Waals surface area contributed by atoms with Crippen LogP contribution in [0.5, 0.6) is 5.75 Å². The van der Waals surface area contributed by atoms with E-state index in [1.807, 2.05) is 6.26 Å². The topological polar surface area (TPSA) is 106 Å². The van der Waals surface area contributed by atoms with Gasteiger partial charge in [-0.05, 0) is 36.6 Å². The Labute approximate surface area is 144 Å². The number of aromatic hydroxyl groups is 1. The van der Waals surface area contributed by atoms with Gasteiger partial charge in [-0.3, -0.25) is 10.1 Å². The van der Waals surface area contributed by atoms with Crippen molar-refractivity contribution in [3.8, 4) is 17.1 Å². The van der Waals surface area contributed by atoms with Gasteiger partial charge in [0.2, 0.25) is 5.16 Å². The van der Waals surface area contributed by atoms with Gasteiger partial charge in [-0.1, -0.05) is 23.1 Å². The highest BCUT2D eigenvalue weighted by Crippen LogP contribution is 2.25. The first kappa shape index (κ1) is 16.1. The van der Waals surface area contributed by atoms with Crippen molar-refractivity contribution >= 4 is 34.3 Å². The first-order chi connectivity index (χ1) is 11.6. The average molecular weight is 361 g/mol. The van der Waals surface area contributed by atoms with E-state index in [-0.39, 0.29) is 10.8 Å². The molecule has 10 heteroatoms. The number of thiophene rings is 1. The van der Waals surface area contributed by atoms with Gasteiger partial charge in [-0.25, -0.2) is 0 Å². The summed E-state index contributed by atoms with van der Waals surface area (Å²) in [5.41, 5.74) is 0.745. The number of phenols is 1. The first-order valence-corrected chi connectivity index (χ1v) is 8.70. The molecule has 2 aromatic heterocycles. The number of aromatic nitrogens is 3. The third-order valence-electron chi connectivity index (χ3n) is 3.01. The third-order valence-corrected chi connectivity index (χ3v) is 4.60. The summed E-state index contributed by atoms with van der Waals surface area (Å²) in [5.74, 6) is 0.672. The number of thioether (sulfide) groups is 1. The van der Waals surface area contributed by atoms with E-state index in [2.05, 4.69) is 15.3 Å². The normalized spacial score (nSPS) is 11.2. The van der Waals surface area contributed by atoms with Crippen molar-refractivity contribution in [2.45, 2.75) is 5.16 Å². The molecule has 0 aliphatic rings. The molecule has 0 fully saturated rings. The predicted octanol–water partition coefficient (Wildman–Crippen LogP) is 3.22. The van der Waals surface area contributed by atoms with Gasteiger partial charge < -0.3 is 5.11 Å². The van der Waals surface area contributed by atoms with Crippen LogP contribution in [0.25, 0.3) is 11.4 Å². The number of nitro groups is 1. The minimum Gasteiger partial charge on any atom is -0.508 e. The van der Waals surface area contributed by atoms with Crippen molar-refractivity contribution < 1.29 is 10.0 Å². The SMILES string of the molecule is CSc1nnc(-c2ccc(O)cc2)n1N=Cc1ccc([N+](=O)[O-])s1. The Morgan fingerprint density at radius 2 is 2.04 bits per heavy atom. The maximum Gasteiger partial charge on any atom is 0.324 e. The maximum absolute atomic E-state index is 10.7. The van der Waals surface area contributed by atoms with Crippen molar-refractivity contribution in [3.05, 3.63) is 51.4 Å². The second kappa shape index (κ2) is 6.81. The number of hydrogen-bond donors (Lipinski definition) is 1.